The van der Waals surface area contributed by atoms with Crippen LogP contribution in [0.3, 0.4) is 0 Å². The summed E-state index contributed by atoms with van der Waals surface area (Å²) < 4.78 is 10.9. The van der Waals surface area contributed by atoms with E-state index in [0.717, 1.165) is 0 Å². The summed E-state index contributed by atoms with van der Waals surface area (Å²) in [6.45, 7) is 2.98. The van der Waals surface area contributed by atoms with Crippen LogP contribution in [0.4, 0.5) is 11.4 Å². The van der Waals surface area contributed by atoms with Gasteiger partial charge in [-0.1, -0.05) is 6.07 Å². The molecule has 32 heavy (non-hydrogen) atoms. The van der Waals surface area contributed by atoms with Crippen molar-refractivity contribution < 1.29 is 23.8 Å². The number of aryl methyl sites for hydroxylation is 2. The molecule has 0 aliphatic rings. The highest BCUT2D eigenvalue weighted by Gasteiger charge is 2.16. The van der Waals surface area contributed by atoms with Gasteiger partial charge < -0.3 is 9.15 Å². The number of non-ortho nitro benzene ring substituents is 1. The smallest absolute Gasteiger partial charge is 0.311 e. The van der Waals surface area contributed by atoms with Gasteiger partial charge in [0.1, 0.15) is 11.5 Å². The number of rotatable bonds is 8. The Hall–Kier alpha value is -4.54. The number of amides is 1. The van der Waals surface area contributed by atoms with Crippen molar-refractivity contribution in [2.24, 2.45) is 5.10 Å². The average Bonchev–Trinajstić information content (AvgIpc) is 3.21. The minimum absolute atomic E-state index is 0.0134. The summed E-state index contributed by atoms with van der Waals surface area (Å²) >= 11 is 0. The molecule has 0 radical (unpaired) electrons. The third-order valence-electron chi connectivity index (χ3n) is 4.36. The summed E-state index contributed by atoms with van der Waals surface area (Å²) in [6.07, 6.45) is 1.27. The maximum atomic E-state index is 11.9. The van der Waals surface area contributed by atoms with Crippen LogP contribution in [0.15, 0.2) is 58.0 Å². The average molecular weight is 438 g/mol. The number of hydrogen-bond acceptors (Lipinski definition) is 8. The highest BCUT2D eigenvalue weighted by atomic mass is 16.6. The lowest BCUT2D eigenvalue weighted by Crippen LogP contribution is -2.24. The maximum Gasteiger partial charge on any atom is 0.311 e. The van der Waals surface area contributed by atoms with Crippen molar-refractivity contribution >= 4 is 23.5 Å². The molecule has 0 saturated heterocycles. The molecule has 0 unspecified atom stereocenters. The van der Waals surface area contributed by atoms with Crippen molar-refractivity contribution in [3.63, 3.8) is 0 Å². The lowest BCUT2D eigenvalue weighted by Gasteiger charge is -2.06. The summed E-state index contributed by atoms with van der Waals surface area (Å²) in [5.41, 5.74) is 4.05. The van der Waals surface area contributed by atoms with Gasteiger partial charge in [0.05, 0.1) is 16.1 Å². The first-order chi connectivity index (χ1) is 15.2. The van der Waals surface area contributed by atoms with Gasteiger partial charge in [0, 0.05) is 23.8 Å². The molecule has 164 valence electrons. The maximum absolute atomic E-state index is 11.9. The molecule has 1 heterocycles. The quantitative estimate of drug-likeness (QED) is 0.318. The minimum atomic E-state index is -0.617. The highest BCUT2D eigenvalue weighted by molar-refractivity contribution is 5.82. The van der Waals surface area contributed by atoms with E-state index >= 15 is 0 Å². The second-order valence-corrected chi connectivity index (χ2v) is 6.77. The van der Waals surface area contributed by atoms with E-state index in [1.54, 1.807) is 38.1 Å². The second-order valence-electron chi connectivity index (χ2n) is 6.77. The number of nitro benzene ring substituents is 2. The van der Waals surface area contributed by atoms with E-state index in [1.165, 1.54) is 30.5 Å². The van der Waals surface area contributed by atoms with Crippen molar-refractivity contribution in [1.82, 2.24) is 5.43 Å². The molecule has 0 fully saturated rings. The third kappa shape index (κ3) is 5.33. The Kier molecular flexibility index (Phi) is 6.59. The van der Waals surface area contributed by atoms with Crippen molar-refractivity contribution in [2.45, 2.75) is 13.8 Å². The molecule has 0 saturated carbocycles. The number of benzene rings is 2. The van der Waals surface area contributed by atoms with Gasteiger partial charge in [-0.25, -0.2) is 5.43 Å². The van der Waals surface area contributed by atoms with Gasteiger partial charge in [-0.3, -0.25) is 25.0 Å². The lowest BCUT2D eigenvalue weighted by atomic mass is 10.1. The third-order valence-corrected chi connectivity index (χ3v) is 4.36. The number of nitrogens with one attached hydrogen (secondary N) is 1. The van der Waals surface area contributed by atoms with E-state index in [0.29, 0.717) is 28.2 Å². The standard InChI is InChI=1S/C21H18N4O7/c1-13-3-7-20(18(9-13)25(29)30)31-12-21(26)23-22-11-16-5-8-19(32-16)17-6-4-15(24(27)28)10-14(17)2/h3-11H,12H2,1-2H3,(H,23,26). The monoisotopic (exact) mass is 438 g/mol. The molecular formula is C21H18N4O7. The molecule has 0 aliphatic carbocycles. The van der Waals surface area contributed by atoms with Gasteiger partial charge in [-0.2, -0.15) is 5.10 Å². The molecule has 11 heteroatoms. The highest BCUT2D eigenvalue weighted by Crippen LogP contribution is 2.28. The fourth-order valence-electron chi connectivity index (χ4n) is 2.84. The SMILES string of the molecule is Cc1ccc(OCC(=O)NN=Cc2ccc(-c3ccc([N+](=O)[O-])cc3C)o2)c([N+](=O)[O-])c1. The second kappa shape index (κ2) is 9.51. The largest absolute Gasteiger partial charge is 0.477 e. The molecule has 0 atom stereocenters. The van der Waals surface area contributed by atoms with Gasteiger partial charge in [0.2, 0.25) is 0 Å². The zero-order valence-electron chi connectivity index (χ0n) is 17.1. The van der Waals surface area contributed by atoms with Gasteiger partial charge in [0.15, 0.2) is 12.4 Å². The van der Waals surface area contributed by atoms with Crippen molar-refractivity contribution in [1.29, 1.82) is 0 Å². The summed E-state index contributed by atoms with van der Waals surface area (Å²) in [7, 11) is 0. The first kappa shape index (κ1) is 22.2. The van der Waals surface area contributed by atoms with Crippen molar-refractivity contribution in [3.05, 3.63) is 85.6 Å². The van der Waals surface area contributed by atoms with Crippen LogP contribution in [-0.2, 0) is 4.79 Å². The number of carbonyl (C=O) groups excluding carboxylic acids is 1. The van der Waals surface area contributed by atoms with Gasteiger partial charge in [-0.15, -0.1) is 0 Å². The fraction of sp³-hybridized carbons (Fsp3) is 0.143. The summed E-state index contributed by atoms with van der Waals surface area (Å²) in [5.74, 6) is 0.191. The van der Waals surface area contributed by atoms with E-state index in [-0.39, 0.29) is 17.1 Å². The number of furan rings is 1. The number of nitro groups is 2. The Balaban J connectivity index is 1.58. The number of carbonyl (C=O) groups is 1. The van der Waals surface area contributed by atoms with Crippen LogP contribution in [0, 0.1) is 34.1 Å². The van der Waals surface area contributed by atoms with E-state index in [1.807, 2.05) is 0 Å². The Morgan fingerprint density at radius 2 is 1.88 bits per heavy atom. The Morgan fingerprint density at radius 1 is 1.09 bits per heavy atom. The fourth-order valence-corrected chi connectivity index (χ4v) is 2.84. The normalized spacial score (nSPS) is 10.8. The number of ether oxygens (including phenoxy) is 1. The molecule has 0 spiro atoms. The van der Waals surface area contributed by atoms with Crippen LogP contribution >= 0.6 is 0 Å². The van der Waals surface area contributed by atoms with E-state index in [9.17, 15) is 25.0 Å². The summed E-state index contributed by atoms with van der Waals surface area (Å²) in [6, 6.07) is 12.1. The molecule has 0 bridgehead atoms. The first-order valence-corrected chi connectivity index (χ1v) is 9.29. The van der Waals surface area contributed by atoms with Crippen molar-refractivity contribution in [2.75, 3.05) is 6.61 Å². The predicted octanol–water partition coefficient (Wildman–Crippen LogP) is 3.91. The van der Waals surface area contributed by atoms with Gasteiger partial charge in [0.25, 0.3) is 11.6 Å². The molecule has 1 N–H and O–H groups in total. The minimum Gasteiger partial charge on any atom is -0.477 e. The predicted molar refractivity (Wildman–Crippen MR) is 115 cm³/mol. The van der Waals surface area contributed by atoms with E-state index in [4.69, 9.17) is 9.15 Å². The number of hydrogen-bond donors (Lipinski definition) is 1. The molecule has 2 aromatic carbocycles. The summed E-state index contributed by atoms with van der Waals surface area (Å²) in [4.78, 5) is 32.8. The van der Waals surface area contributed by atoms with Crippen LogP contribution < -0.4 is 10.2 Å². The van der Waals surface area contributed by atoms with Crippen LogP contribution in [0.2, 0.25) is 0 Å². The van der Waals surface area contributed by atoms with Crippen LogP contribution in [0.5, 0.6) is 5.75 Å². The van der Waals surface area contributed by atoms with Gasteiger partial charge >= 0.3 is 5.69 Å². The molecular weight excluding hydrogens is 420 g/mol. The lowest BCUT2D eigenvalue weighted by molar-refractivity contribution is -0.385. The van der Waals surface area contributed by atoms with E-state index in [2.05, 4.69) is 10.5 Å². The molecule has 0 aliphatic heterocycles. The Bertz CT molecular complexity index is 1220. The molecule has 1 amide bonds. The van der Waals surface area contributed by atoms with Crippen LogP contribution in [0.25, 0.3) is 11.3 Å². The van der Waals surface area contributed by atoms with Crippen molar-refractivity contribution in [3.8, 4) is 17.1 Å². The van der Waals surface area contributed by atoms with Crippen LogP contribution in [0.1, 0.15) is 16.9 Å². The molecule has 3 rings (SSSR count). The number of nitrogens with zero attached hydrogens (tertiary/aromatic N) is 3. The summed E-state index contributed by atoms with van der Waals surface area (Å²) in [5, 5.41) is 25.7. The molecule has 3 aromatic rings. The molecule has 1 aromatic heterocycles. The molecule has 11 nitrogen and oxygen atoms in total. The Labute approximate surface area is 181 Å². The first-order valence-electron chi connectivity index (χ1n) is 9.29. The Morgan fingerprint density at radius 3 is 2.56 bits per heavy atom. The van der Waals surface area contributed by atoms with E-state index < -0.39 is 22.4 Å². The zero-order valence-corrected chi connectivity index (χ0v) is 17.1. The zero-order chi connectivity index (χ0) is 23.3. The van der Waals surface area contributed by atoms with Crippen LogP contribution in [-0.4, -0.2) is 28.6 Å². The van der Waals surface area contributed by atoms with Gasteiger partial charge in [-0.05, 0) is 49.2 Å². The topological polar surface area (TPSA) is 150 Å². The number of hydrazone groups is 1.